The average molecular weight is 525 g/mol. The number of nitrogens with zero attached hydrogens (tertiary/aromatic N) is 2. The van der Waals surface area contributed by atoms with Gasteiger partial charge >= 0.3 is 6.36 Å². The van der Waals surface area contributed by atoms with Crippen LogP contribution in [0.15, 0.2) is 79.1 Å². The van der Waals surface area contributed by atoms with Gasteiger partial charge in [-0.1, -0.05) is 18.2 Å². The molecule has 2 amide bonds. The van der Waals surface area contributed by atoms with E-state index in [2.05, 4.69) is 25.3 Å². The van der Waals surface area contributed by atoms with Crippen molar-refractivity contribution in [1.29, 1.82) is 0 Å². The zero-order valence-electron chi connectivity index (χ0n) is 19.4. The topological polar surface area (TPSA) is 119 Å². The number of ether oxygens (including phenoxy) is 1. The largest absolute Gasteiger partial charge is 0.573 e. The van der Waals surface area contributed by atoms with E-state index in [0.29, 0.717) is 11.3 Å². The first kappa shape index (κ1) is 26.1. The number of hydrogen-bond donors (Lipinski definition) is 3. The number of nitrogen functional groups attached to an aromatic ring is 1. The molecule has 12 heteroatoms. The Hall–Kier alpha value is -5.00. The van der Waals surface area contributed by atoms with Crippen LogP contribution in [0.3, 0.4) is 0 Å². The molecular formula is C26H19F4N5O3. The van der Waals surface area contributed by atoms with Crippen molar-refractivity contribution in [1.82, 2.24) is 15.3 Å². The molecule has 4 aromatic rings. The van der Waals surface area contributed by atoms with Crippen molar-refractivity contribution in [2.75, 3.05) is 11.1 Å². The minimum absolute atomic E-state index is 0.0615. The molecule has 0 saturated heterocycles. The quantitative estimate of drug-likeness (QED) is 0.294. The molecule has 0 atom stereocenters. The molecule has 4 rings (SSSR count). The fraction of sp³-hybridized carbons (Fsp3) is 0.0769. The lowest BCUT2D eigenvalue weighted by atomic mass is 10.1. The summed E-state index contributed by atoms with van der Waals surface area (Å²) in [5.41, 5.74) is 6.29. The number of alkyl halides is 3. The second-order valence-electron chi connectivity index (χ2n) is 7.90. The molecule has 194 valence electrons. The van der Waals surface area contributed by atoms with Crippen molar-refractivity contribution < 1.29 is 31.9 Å². The van der Waals surface area contributed by atoms with Gasteiger partial charge in [-0.2, -0.15) is 0 Å². The standard InChI is InChI=1S/C26H19F4N5O3/c27-20-4-2-1-3-18(20)21-8-7-17(14-32-21)35-24(36)16-6-9-22(38-26(28,29)30)19(11-16)25(37)34-13-15-5-10-23(31)33-12-15/h1-12,14H,13H2,(H2,31,33)(H,34,37)(H,35,36). The lowest BCUT2D eigenvalue weighted by molar-refractivity contribution is -0.274. The Labute approximate surface area is 213 Å². The van der Waals surface area contributed by atoms with E-state index in [1.54, 1.807) is 24.3 Å². The molecule has 0 unspecified atom stereocenters. The first-order chi connectivity index (χ1) is 18.1. The SMILES string of the molecule is Nc1ccc(CNC(=O)c2cc(C(=O)Nc3ccc(-c4ccccc4F)nc3)ccc2OC(F)(F)F)cn1. The normalized spacial score (nSPS) is 11.1. The predicted molar refractivity (Wildman–Crippen MR) is 131 cm³/mol. The lowest BCUT2D eigenvalue weighted by Crippen LogP contribution is -2.26. The number of carbonyl (C=O) groups is 2. The summed E-state index contributed by atoms with van der Waals surface area (Å²) in [4.78, 5) is 33.6. The Kier molecular flexibility index (Phi) is 7.51. The summed E-state index contributed by atoms with van der Waals surface area (Å²) < 4.78 is 56.7. The molecule has 0 fully saturated rings. The van der Waals surface area contributed by atoms with Gasteiger partial charge in [-0.25, -0.2) is 9.37 Å². The highest BCUT2D eigenvalue weighted by Gasteiger charge is 2.33. The van der Waals surface area contributed by atoms with E-state index in [0.717, 1.165) is 18.2 Å². The van der Waals surface area contributed by atoms with Crippen LogP contribution in [0.5, 0.6) is 5.75 Å². The van der Waals surface area contributed by atoms with Crippen molar-refractivity contribution in [3.05, 3.63) is 102 Å². The fourth-order valence-electron chi connectivity index (χ4n) is 3.38. The number of halogens is 4. The van der Waals surface area contributed by atoms with E-state index in [4.69, 9.17) is 5.73 Å². The predicted octanol–water partition coefficient (Wildman–Crippen LogP) is 4.95. The second kappa shape index (κ2) is 10.9. The Bertz CT molecular complexity index is 1460. The number of benzene rings is 2. The number of aromatic nitrogens is 2. The number of hydrogen-bond acceptors (Lipinski definition) is 6. The molecule has 2 aromatic heterocycles. The second-order valence-corrected chi connectivity index (χ2v) is 7.90. The summed E-state index contributed by atoms with van der Waals surface area (Å²) in [7, 11) is 0. The van der Waals surface area contributed by atoms with Crippen molar-refractivity contribution in [2.45, 2.75) is 12.9 Å². The lowest BCUT2D eigenvalue weighted by Gasteiger charge is -2.15. The van der Waals surface area contributed by atoms with Crippen LogP contribution >= 0.6 is 0 Å². The average Bonchev–Trinajstić information content (AvgIpc) is 2.88. The van der Waals surface area contributed by atoms with Gasteiger partial charge in [0.25, 0.3) is 11.8 Å². The molecule has 4 N–H and O–H groups in total. The van der Waals surface area contributed by atoms with Crippen LogP contribution in [0.1, 0.15) is 26.3 Å². The van der Waals surface area contributed by atoms with Gasteiger partial charge in [-0.15, -0.1) is 13.2 Å². The van der Waals surface area contributed by atoms with Crippen molar-refractivity contribution in [3.8, 4) is 17.0 Å². The molecule has 0 spiro atoms. The van der Waals surface area contributed by atoms with Crippen LogP contribution < -0.4 is 21.1 Å². The first-order valence-corrected chi connectivity index (χ1v) is 11.0. The van der Waals surface area contributed by atoms with Crippen molar-refractivity contribution in [3.63, 3.8) is 0 Å². The number of carbonyl (C=O) groups excluding carboxylic acids is 2. The molecule has 0 saturated carbocycles. The summed E-state index contributed by atoms with van der Waals surface area (Å²) >= 11 is 0. The number of amides is 2. The van der Waals surface area contributed by atoms with Crippen LogP contribution in [0.25, 0.3) is 11.3 Å². The third-order valence-corrected chi connectivity index (χ3v) is 5.18. The molecule has 0 bridgehead atoms. The monoisotopic (exact) mass is 525 g/mol. The van der Waals surface area contributed by atoms with Gasteiger partial charge in [0.2, 0.25) is 0 Å². The summed E-state index contributed by atoms with van der Waals surface area (Å²) in [6.07, 6.45) is -2.36. The smallest absolute Gasteiger partial charge is 0.405 e. The van der Waals surface area contributed by atoms with E-state index in [9.17, 15) is 27.2 Å². The van der Waals surface area contributed by atoms with Gasteiger partial charge < -0.3 is 21.1 Å². The minimum Gasteiger partial charge on any atom is -0.405 e. The van der Waals surface area contributed by atoms with E-state index in [-0.39, 0.29) is 29.2 Å². The third-order valence-electron chi connectivity index (χ3n) is 5.18. The highest BCUT2D eigenvalue weighted by Crippen LogP contribution is 2.28. The van der Waals surface area contributed by atoms with E-state index >= 15 is 0 Å². The summed E-state index contributed by atoms with van der Waals surface area (Å²) in [6.45, 7) is -0.0615. The Morgan fingerprint density at radius 1 is 0.921 bits per heavy atom. The summed E-state index contributed by atoms with van der Waals surface area (Å²) in [6, 6.07) is 15.1. The highest BCUT2D eigenvalue weighted by molar-refractivity contribution is 6.07. The molecule has 8 nitrogen and oxygen atoms in total. The fourth-order valence-corrected chi connectivity index (χ4v) is 3.38. The maximum atomic E-state index is 14.0. The molecule has 38 heavy (non-hydrogen) atoms. The van der Waals surface area contributed by atoms with E-state index in [1.807, 2.05) is 0 Å². The van der Waals surface area contributed by atoms with Crippen molar-refractivity contribution in [2.24, 2.45) is 0 Å². The van der Waals surface area contributed by atoms with Gasteiger partial charge in [0.1, 0.15) is 17.4 Å². The third kappa shape index (κ3) is 6.60. The van der Waals surface area contributed by atoms with Crippen LogP contribution in [-0.2, 0) is 6.54 Å². The Morgan fingerprint density at radius 3 is 2.37 bits per heavy atom. The zero-order valence-corrected chi connectivity index (χ0v) is 19.4. The number of anilines is 2. The maximum absolute atomic E-state index is 14.0. The van der Waals surface area contributed by atoms with Crippen LogP contribution in [0.4, 0.5) is 29.1 Å². The van der Waals surface area contributed by atoms with E-state index < -0.39 is 35.3 Å². The Balaban J connectivity index is 1.53. The van der Waals surface area contributed by atoms with E-state index in [1.165, 1.54) is 36.7 Å². The molecule has 0 aliphatic heterocycles. The van der Waals surface area contributed by atoms with Gasteiger partial charge in [0.15, 0.2) is 0 Å². The first-order valence-electron chi connectivity index (χ1n) is 11.0. The molecule has 2 heterocycles. The number of nitrogens with two attached hydrogens (primary N) is 1. The van der Waals surface area contributed by atoms with Gasteiger partial charge in [0, 0.05) is 23.9 Å². The highest BCUT2D eigenvalue weighted by atomic mass is 19.4. The van der Waals surface area contributed by atoms with Crippen LogP contribution in [-0.4, -0.2) is 28.1 Å². The zero-order chi connectivity index (χ0) is 27.3. The maximum Gasteiger partial charge on any atom is 0.573 e. The van der Waals surface area contributed by atoms with Crippen molar-refractivity contribution >= 4 is 23.3 Å². The van der Waals surface area contributed by atoms with Gasteiger partial charge in [-0.3, -0.25) is 14.6 Å². The molecule has 0 aliphatic carbocycles. The van der Waals surface area contributed by atoms with Crippen LogP contribution in [0.2, 0.25) is 0 Å². The summed E-state index contributed by atoms with van der Waals surface area (Å²) in [5.74, 6) is -2.61. The van der Waals surface area contributed by atoms with Gasteiger partial charge in [-0.05, 0) is 54.1 Å². The number of nitrogens with one attached hydrogen (secondary N) is 2. The number of rotatable bonds is 7. The molecular weight excluding hydrogens is 506 g/mol. The molecule has 0 aliphatic rings. The minimum atomic E-state index is -5.06. The Morgan fingerprint density at radius 2 is 1.71 bits per heavy atom. The number of pyridine rings is 2. The molecule has 0 radical (unpaired) electrons. The van der Waals surface area contributed by atoms with Crippen LogP contribution in [0, 0.1) is 5.82 Å². The van der Waals surface area contributed by atoms with Gasteiger partial charge in [0.05, 0.1) is 23.1 Å². The molecule has 2 aromatic carbocycles. The summed E-state index contributed by atoms with van der Waals surface area (Å²) in [5, 5.41) is 5.00.